The second-order valence-electron chi connectivity index (χ2n) is 6.80. The van der Waals surface area contributed by atoms with Gasteiger partial charge < -0.3 is 19.8 Å². The minimum Gasteiger partial charge on any atom is -0.550 e. The topological polar surface area (TPSA) is 133 Å². The molecule has 0 fully saturated rings. The van der Waals surface area contributed by atoms with Gasteiger partial charge in [-0.1, -0.05) is 26.7 Å². The van der Waals surface area contributed by atoms with E-state index in [1.165, 1.54) is 0 Å². The smallest absolute Gasteiger partial charge is 0.138 e. The number of carboxylic acids is 2. The van der Waals surface area contributed by atoms with Crippen LogP contribution in [0.5, 0.6) is 0 Å². The summed E-state index contributed by atoms with van der Waals surface area (Å²) in [5, 5.41) is 19.7. The van der Waals surface area contributed by atoms with E-state index in [1.807, 2.05) is 41.5 Å². The van der Waals surface area contributed by atoms with E-state index in [4.69, 9.17) is 6.15 Å². The van der Waals surface area contributed by atoms with E-state index in [0.29, 0.717) is 25.0 Å². The standard InChI is InChI=1S/2C7H12O3.2C3H7O.Sn/c2*1-2-3-4-6(8)5-7(9)10;2*1-3(2)4;/h2*2-5H2,1H3,(H,9,10);2*3H,1-2H3;/q;;2*-1;+4/p-2. The van der Waals surface area contributed by atoms with E-state index in [0.717, 1.165) is 25.7 Å². The van der Waals surface area contributed by atoms with Gasteiger partial charge in [-0.15, -0.1) is 0 Å². The van der Waals surface area contributed by atoms with Gasteiger partial charge in [0.05, 0.1) is 0 Å². The van der Waals surface area contributed by atoms with Crippen molar-refractivity contribution in [2.75, 3.05) is 0 Å². The third kappa shape index (κ3) is 38.3. The summed E-state index contributed by atoms with van der Waals surface area (Å²) < 4.78 is 10.6. The van der Waals surface area contributed by atoms with Crippen molar-refractivity contribution in [1.82, 2.24) is 0 Å². The molecule has 0 bridgehead atoms. The summed E-state index contributed by atoms with van der Waals surface area (Å²) in [6, 6.07) is 0. The molecule has 0 saturated heterocycles. The molecule has 0 unspecified atom stereocenters. The third-order valence-electron chi connectivity index (χ3n) is 2.87. The maximum Gasteiger partial charge on any atom is 0.138 e. The first-order valence-corrected chi connectivity index (χ1v) is 12.3. The summed E-state index contributed by atoms with van der Waals surface area (Å²) in [5.41, 5.74) is 0. The van der Waals surface area contributed by atoms with E-state index in [1.54, 1.807) is 0 Å². The molecule has 168 valence electrons. The van der Waals surface area contributed by atoms with Crippen molar-refractivity contribution in [2.24, 2.45) is 0 Å². The number of hydrogen-bond donors (Lipinski definition) is 0. The summed E-state index contributed by atoms with van der Waals surface area (Å²) >= 11 is -0.929. The van der Waals surface area contributed by atoms with Crippen molar-refractivity contribution in [3.05, 3.63) is 0 Å². The van der Waals surface area contributed by atoms with Crippen LogP contribution in [0.2, 0.25) is 0 Å². The molecule has 0 saturated carbocycles. The van der Waals surface area contributed by atoms with Gasteiger partial charge in [0.2, 0.25) is 0 Å². The number of hydrogen-bond acceptors (Lipinski definition) is 8. The molecule has 0 heterocycles. The largest absolute Gasteiger partial charge is 0.550 e. The molecule has 0 atom stereocenters. The average molecular weight is 523 g/mol. The molecule has 0 spiro atoms. The summed E-state index contributed by atoms with van der Waals surface area (Å²) in [5.74, 6) is -3.02. The Hall–Kier alpha value is -1.00. The molecular formula is C20H36O8Sn. The maximum absolute atomic E-state index is 10.6. The van der Waals surface area contributed by atoms with Gasteiger partial charge in [0.1, 0.15) is 11.6 Å². The molecule has 0 aromatic carbocycles. The first-order chi connectivity index (χ1) is 13.5. The second kappa shape index (κ2) is 23.3. The number of unbranched alkanes of at least 4 members (excludes halogenated alkanes) is 2. The van der Waals surface area contributed by atoms with Crippen LogP contribution in [0.1, 0.15) is 92.9 Å². The van der Waals surface area contributed by atoms with Crippen LogP contribution in [0.3, 0.4) is 0 Å². The van der Waals surface area contributed by atoms with Crippen molar-refractivity contribution in [3.8, 4) is 0 Å². The Morgan fingerprint density at radius 1 is 0.724 bits per heavy atom. The van der Waals surface area contributed by atoms with Crippen LogP contribution in [0.4, 0.5) is 0 Å². The van der Waals surface area contributed by atoms with Crippen LogP contribution in [-0.4, -0.2) is 57.7 Å². The Morgan fingerprint density at radius 2 is 1.03 bits per heavy atom. The predicted molar refractivity (Wildman–Crippen MR) is 107 cm³/mol. The Balaban J connectivity index is -0.000000350. The van der Waals surface area contributed by atoms with Crippen LogP contribution in [0.25, 0.3) is 0 Å². The monoisotopic (exact) mass is 524 g/mol. The molecule has 0 aliphatic rings. The Labute approximate surface area is 186 Å². The molecule has 0 aromatic heterocycles. The Bertz CT molecular complexity index is 410. The number of rotatable bonds is 14. The summed E-state index contributed by atoms with van der Waals surface area (Å²) in [7, 11) is 0. The molecule has 0 rings (SSSR count). The van der Waals surface area contributed by atoms with E-state index >= 15 is 0 Å². The normalized spacial score (nSPS) is 9.66. The Kier molecular flexibility index (Phi) is 26.2. The molecule has 0 radical (unpaired) electrons. The van der Waals surface area contributed by atoms with E-state index in [9.17, 15) is 29.4 Å². The zero-order chi connectivity index (χ0) is 23.2. The van der Waals surface area contributed by atoms with Gasteiger partial charge in [0, 0.05) is 37.6 Å². The summed E-state index contributed by atoms with van der Waals surface area (Å²) in [4.78, 5) is 40.9. The zero-order valence-electron chi connectivity index (χ0n) is 18.6. The van der Waals surface area contributed by atoms with Gasteiger partial charge in [-0.3, -0.25) is 9.59 Å². The second-order valence-corrected chi connectivity index (χ2v) is 8.62. The fourth-order valence-electron chi connectivity index (χ4n) is 1.47. The molecule has 0 aliphatic carbocycles. The maximum atomic E-state index is 10.6. The molecule has 0 amide bonds. The van der Waals surface area contributed by atoms with Crippen LogP contribution < -0.4 is 10.2 Å². The molecule has 29 heavy (non-hydrogen) atoms. The van der Waals surface area contributed by atoms with Crippen LogP contribution >= 0.6 is 0 Å². The van der Waals surface area contributed by atoms with Crippen molar-refractivity contribution < 1.29 is 35.5 Å². The van der Waals surface area contributed by atoms with Crippen molar-refractivity contribution >= 4 is 45.5 Å². The zero-order valence-corrected chi connectivity index (χ0v) is 21.4. The van der Waals surface area contributed by atoms with Gasteiger partial charge in [-0.2, -0.15) is 0 Å². The van der Waals surface area contributed by atoms with E-state index in [-0.39, 0.29) is 11.6 Å². The molecule has 9 heteroatoms. The summed E-state index contributed by atoms with van der Waals surface area (Å²) in [6.45, 7) is 12.0. The number of carbonyl (C=O) groups is 4. The Morgan fingerprint density at radius 3 is 1.24 bits per heavy atom. The van der Waals surface area contributed by atoms with E-state index in [2.05, 4.69) is 0 Å². The number of carboxylic acid groups (broad SMARTS) is 2. The molecule has 0 N–H and O–H groups in total. The SMILES string of the molecule is CC(C)[O][Sn+2][O]C(C)C.CCCCC(=O)CC(=O)[O-].CCCCC(=O)CC(=O)[O-]. The van der Waals surface area contributed by atoms with Crippen LogP contribution in [0.15, 0.2) is 0 Å². The van der Waals surface area contributed by atoms with Crippen LogP contribution in [0, 0.1) is 0 Å². The first-order valence-electron chi connectivity index (χ1n) is 9.95. The number of carbonyl (C=O) groups excluding carboxylic acids is 4. The van der Waals surface area contributed by atoms with Gasteiger partial charge in [0.15, 0.2) is 0 Å². The number of ketones is 2. The van der Waals surface area contributed by atoms with Gasteiger partial charge in [0.25, 0.3) is 0 Å². The number of Topliss-reactive ketones (excluding diaryl/α,β-unsaturated/α-hetero) is 2. The van der Waals surface area contributed by atoms with Crippen molar-refractivity contribution in [2.45, 2.75) is 105 Å². The van der Waals surface area contributed by atoms with E-state index < -0.39 is 46.8 Å². The fraction of sp³-hybridized carbons (Fsp3) is 0.800. The fourth-order valence-corrected chi connectivity index (χ4v) is 2.72. The van der Waals surface area contributed by atoms with Crippen molar-refractivity contribution in [3.63, 3.8) is 0 Å². The third-order valence-corrected chi connectivity index (χ3v) is 6.11. The quantitative estimate of drug-likeness (QED) is 0.245. The first kappa shape index (κ1) is 32.7. The van der Waals surface area contributed by atoms with Crippen molar-refractivity contribution in [1.29, 1.82) is 0 Å². The number of aliphatic carboxylic acids is 2. The van der Waals surface area contributed by atoms with Gasteiger partial charge in [-0.05, 0) is 12.8 Å². The predicted octanol–water partition coefficient (Wildman–Crippen LogP) is 1.14. The average Bonchev–Trinajstić information content (AvgIpc) is 2.57. The minimum atomic E-state index is -1.28. The minimum absolute atomic E-state index is 0.234. The van der Waals surface area contributed by atoms with Gasteiger partial charge in [-0.25, -0.2) is 0 Å². The molecule has 8 nitrogen and oxygen atoms in total. The molecule has 0 aliphatic heterocycles. The molecule has 0 aromatic rings. The van der Waals surface area contributed by atoms with Crippen LogP contribution in [-0.2, 0) is 25.3 Å². The summed E-state index contributed by atoms with van der Waals surface area (Å²) in [6.07, 6.45) is 3.93. The van der Waals surface area contributed by atoms with Gasteiger partial charge >= 0.3 is 68.0 Å². The molecular weight excluding hydrogens is 487 g/mol.